The number of fused-ring (bicyclic) bond motifs is 1. The van der Waals surface area contributed by atoms with Crippen molar-refractivity contribution in [1.82, 2.24) is 10.3 Å². The van der Waals surface area contributed by atoms with Crippen molar-refractivity contribution in [1.29, 1.82) is 0 Å². The number of aromatic nitrogens is 1. The van der Waals surface area contributed by atoms with Gasteiger partial charge in [-0.15, -0.1) is 0 Å². The van der Waals surface area contributed by atoms with Crippen LogP contribution in [0.25, 0.3) is 10.8 Å². The molecule has 2 aromatic rings. The van der Waals surface area contributed by atoms with Crippen molar-refractivity contribution in [2.24, 2.45) is 0 Å². The maximum Gasteiger partial charge on any atom is 0.0346 e. The van der Waals surface area contributed by atoms with E-state index in [1.54, 1.807) is 0 Å². The molecule has 1 saturated carbocycles. The molecule has 1 N–H and O–H groups in total. The molecule has 0 aliphatic heterocycles. The van der Waals surface area contributed by atoms with Gasteiger partial charge in [0.15, 0.2) is 0 Å². The average molecular weight is 286 g/mol. The van der Waals surface area contributed by atoms with Gasteiger partial charge >= 0.3 is 0 Å². The largest absolute Gasteiger partial charge is 0.309 e. The van der Waals surface area contributed by atoms with Gasteiger partial charge in [-0.05, 0) is 41.7 Å². The summed E-state index contributed by atoms with van der Waals surface area (Å²) < 4.78 is 0. The van der Waals surface area contributed by atoms with Crippen molar-refractivity contribution in [3.63, 3.8) is 0 Å². The molecule has 1 aliphatic rings. The minimum Gasteiger partial charge on any atom is -0.309 e. The van der Waals surface area contributed by atoms with Crippen molar-refractivity contribution in [3.05, 3.63) is 42.2 Å². The fourth-order valence-corrected chi connectivity index (χ4v) is 4.29. The van der Waals surface area contributed by atoms with Crippen molar-refractivity contribution >= 4 is 22.5 Å². The number of nitrogens with one attached hydrogen (secondary N) is 1. The molecule has 0 saturated heterocycles. The Hall–Kier alpha value is -1.06. The summed E-state index contributed by atoms with van der Waals surface area (Å²) in [7, 11) is 0. The molecule has 0 bridgehead atoms. The van der Waals surface area contributed by atoms with E-state index in [1.807, 2.05) is 12.4 Å². The van der Waals surface area contributed by atoms with E-state index in [1.165, 1.54) is 41.4 Å². The molecular weight excluding hydrogens is 264 g/mol. The van der Waals surface area contributed by atoms with E-state index in [0.29, 0.717) is 6.04 Å². The highest BCUT2D eigenvalue weighted by Crippen LogP contribution is 2.30. The molecule has 2 atom stereocenters. The Kier molecular flexibility index (Phi) is 4.58. The molecule has 1 heterocycles. The van der Waals surface area contributed by atoms with Crippen LogP contribution in [0, 0.1) is 0 Å². The first-order valence-corrected chi connectivity index (χ1v) is 8.59. The first-order chi connectivity index (χ1) is 9.86. The predicted molar refractivity (Wildman–Crippen MR) is 88.1 cm³/mol. The fourth-order valence-electron chi connectivity index (χ4n) is 3.06. The van der Waals surface area contributed by atoms with Crippen LogP contribution in [-0.4, -0.2) is 22.0 Å². The molecule has 0 amide bonds. The smallest absolute Gasteiger partial charge is 0.0346 e. The Balaban J connectivity index is 1.64. The Labute approximate surface area is 125 Å². The van der Waals surface area contributed by atoms with Gasteiger partial charge < -0.3 is 5.32 Å². The second-order valence-electron chi connectivity index (χ2n) is 5.47. The quantitative estimate of drug-likeness (QED) is 0.899. The van der Waals surface area contributed by atoms with Crippen LogP contribution in [0.1, 0.15) is 31.7 Å². The molecule has 2 nitrogen and oxygen atoms in total. The molecule has 3 rings (SSSR count). The highest BCUT2D eigenvalue weighted by atomic mass is 32.2. The summed E-state index contributed by atoms with van der Waals surface area (Å²) in [5.41, 5.74) is 1.37. The second kappa shape index (κ2) is 6.59. The lowest BCUT2D eigenvalue weighted by molar-refractivity contribution is 0.532. The molecule has 1 aliphatic carbocycles. The molecule has 1 aromatic carbocycles. The summed E-state index contributed by atoms with van der Waals surface area (Å²) in [6.07, 6.45) is 7.87. The van der Waals surface area contributed by atoms with Gasteiger partial charge in [0.05, 0.1) is 0 Å². The maximum atomic E-state index is 4.16. The van der Waals surface area contributed by atoms with Gasteiger partial charge in [0.25, 0.3) is 0 Å². The minimum atomic E-state index is 0.688. The van der Waals surface area contributed by atoms with Gasteiger partial charge in [-0.1, -0.05) is 25.5 Å². The summed E-state index contributed by atoms with van der Waals surface area (Å²) in [6.45, 7) is 3.24. The van der Waals surface area contributed by atoms with Crippen LogP contribution in [0.5, 0.6) is 0 Å². The number of thioether (sulfide) groups is 1. The maximum absolute atomic E-state index is 4.16. The lowest BCUT2D eigenvalue weighted by Gasteiger charge is -2.20. The van der Waals surface area contributed by atoms with Crippen LogP contribution in [-0.2, 0) is 6.54 Å². The third kappa shape index (κ3) is 3.15. The van der Waals surface area contributed by atoms with Crippen LogP contribution >= 0.6 is 11.8 Å². The van der Waals surface area contributed by atoms with Gasteiger partial charge in [0.1, 0.15) is 0 Å². The Bertz CT molecular complexity index is 570. The van der Waals surface area contributed by atoms with Crippen molar-refractivity contribution in [3.8, 4) is 0 Å². The first kappa shape index (κ1) is 13.9. The lowest BCUT2D eigenvalue weighted by Crippen LogP contribution is -2.33. The van der Waals surface area contributed by atoms with E-state index < -0.39 is 0 Å². The SMILES string of the molecule is CCSC1CCCC1NCc1ccc2cnccc2c1. The fraction of sp³-hybridized carbons (Fsp3) is 0.471. The Morgan fingerprint density at radius 1 is 1.25 bits per heavy atom. The van der Waals surface area contributed by atoms with Gasteiger partial charge in [0.2, 0.25) is 0 Å². The molecule has 0 spiro atoms. The van der Waals surface area contributed by atoms with Crippen LogP contribution in [0.3, 0.4) is 0 Å². The summed E-state index contributed by atoms with van der Waals surface area (Å²) >= 11 is 2.11. The molecule has 1 aromatic heterocycles. The molecule has 106 valence electrons. The monoisotopic (exact) mass is 286 g/mol. The van der Waals surface area contributed by atoms with Crippen LogP contribution in [0.2, 0.25) is 0 Å². The van der Waals surface area contributed by atoms with E-state index in [9.17, 15) is 0 Å². The molecule has 2 unspecified atom stereocenters. The Morgan fingerprint density at radius 3 is 3.10 bits per heavy atom. The molecule has 3 heteroatoms. The van der Waals surface area contributed by atoms with Crippen molar-refractivity contribution in [2.45, 2.75) is 44.0 Å². The molecular formula is C17H22N2S. The number of benzene rings is 1. The van der Waals surface area contributed by atoms with Crippen molar-refractivity contribution < 1.29 is 0 Å². The van der Waals surface area contributed by atoms with E-state index in [-0.39, 0.29) is 0 Å². The third-order valence-corrected chi connectivity index (χ3v) is 5.43. The zero-order chi connectivity index (χ0) is 13.8. The van der Waals surface area contributed by atoms with Gasteiger partial charge in [0, 0.05) is 35.6 Å². The second-order valence-corrected chi connectivity index (χ2v) is 6.99. The third-order valence-electron chi connectivity index (χ3n) is 4.11. The van der Waals surface area contributed by atoms with Crippen LogP contribution in [0.4, 0.5) is 0 Å². The molecule has 1 fully saturated rings. The Morgan fingerprint density at radius 2 is 2.20 bits per heavy atom. The summed E-state index contributed by atoms with van der Waals surface area (Å²) in [6, 6.07) is 9.44. The summed E-state index contributed by atoms with van der Waals surface area (Å²) in [5.74, 6) is 1.23. The number of hydrogen-bond donors (Lipinski definition) is 1. The van der Waals surface area contributed by atoms with Crippen LogP contribution in [0.15, 0.2) is 36.7 Å². The highest BCUT2D eigenvalue weighted by molar-refractivity contribution is 7.99. The van der Waals surface area contributed by atoms with Gasteiger partial charge in [-0.3, -0.25) is 4.98 Å². The summed E-state index contributed by atoms with van der Waals surface area (Å²) in [4.78, 5) is 4.16. The first-order valence-electron chi connectivity index (χ1n) is 7.54. The van der Waals surface area contributed by atoms with Crippen LogP contribution < -0.4 is 5.32 Å². The van der Waals surface area contributed by atoms with Crippen molar-refractivity contribution in [2.75, 3.05) is 5.75 Å². The van der Waals surface area contributed by atoms with E-state index in [0.717, 1.165) is 11.8 Å². The number of rotatable bonds is 5. The highest BCUT2D eigenvalue weighted by Gasteiger charge is 2.26. The predicted octanol–water partition coefficient (Wildman–Crippen LogP) is 4.00. The standard InChI is InChI=1S/C17H22N2S/c1-2-20-17-5-3-4-16(17)19-11-13-6-7-15-12-18-9-8-14(15)10-13/h6-10,12,16-17,19H,2-5,11H2,1H3. The molecule has 0 radical (unpaired) electrons. The summed E-state index contributed by atoms with van der Waals surface area (Å²) in [5, 5.41) is 7.07. The topological polar surface area (TPSA) is 24.9 Å². The van der Waals surface area contributed by atoms with E-state index in [4.69, 9.17) is 0 Å². The number of hydrogen-bond acceptors (Lipinski definition) is 3. The minimum absolute atomic E-state index is 0.688. The van der Waals surface area contributed by atoms with Gasteiger partial charge in [-0.25, -0.2) is 0 Å². The zero-order valence-electron chi connectivity index (χ0n) is 12.0. The number of pyridine rings is 1. The average Bonchev–Trinajstić information content (AvgIpc) is 2.93. The lowest BCUT2D eigenvalue weighted by atomic mass is 10.1. The van der Waals surface area contributed by atoms with Gasteiger partial charge in [-0.2, -0.15) is 11.8 Å². The molecule has 20 heavy (non-hydrogen) atoms. The normalized spacial score (nSPS) is 22.4. The van der Waals surface area contributed by atoms with E-state index >= 15 is 0 Å². The number of nitrogens with zero attached hydrogens (tertiary/aromatic N) is 1. The zero-order valence-corrected chi connectivity index (χ0v) is 12.8. The van der Waals surface area contributed by atoms with E-state index in [2.05, 4.69) is 53.3 Å².